The smallest absolute Gasteiger partial charge is 0.286 e. The summed E-state index contributed by atoms with van der Waals surface area (Å²) in [5.41, 5.74) is 2.48. The third kappa shape index (κ3) is 3.63. The number of aromatic nitrogens is 1. The molecule has 0 radical (unpaired) electrons. The minimum Gasteiger partial charge on any atom is -0.305 e. The third-order valence-electron chi connectivity index (χ3n) is 3.95. The van der Waals surface area contributed by atoms with Crippen LogP contribution in [0.3, 0.4) is 0 Å². The number of benzene rings is 2. The molecule has 1 aromatic heterocycles. The van der Waals surface area contributed by atoms with Crippen LogP contribution in [-0.4, -0.2) is 15.4 Å². The molecule has 0 N–H and O–H groups in total. The van der Waals surface area contributed by atoms with Crippen LogP contribution in [-0.2, 0) is 6.54 Å². The zero-order valence-corrected chi connectivity index (χ0v) is 16.1. The second-order valence-corrected chi connectivity index (χ2v) is 7.35. The highest BCUT2D eigenvalue weighted by Gasteiger charge is 2.21. The number of amides is 1. The number of nitro benzene ring substituents is 1. The first-order chi connectivity index (χ1) is 12.8. The molecule has 0 saturated carbocycles. The molecular weight excluding hydrogens is 386 g/mol. The zero-order chi connectivity index (χ0) is 19.7. The maximum Gasteiger partial charge on any atom is 0.286 e. The van der Waals surface area contributed by atoms with Crippen LogP contribution in [0.4, 0.5) is 5.69 Å². The van der Waals surface area contributed by atoms with E-state index in [1.807, 2.05) is 26.0 Å². The highest BCUT2D eigenvalue weighted by Crippen LogP contribution is 2.25. The first-order valence-corrected chi connectivity index (χ1v) is 9.08. The molecule has 8 heteroatoms. The van der Waals surface area contributed by atoms with Gasteiger partial charge in [-0.2, -0.15) is 4.99 Å². The molecule has 0 aliphatic carbocycles. The lowest BCUT2D eigenvalue weighted by molar-refractivity contribution is -0.385. The number of hydrogen-bond donors (Lipinski definition) is 0. The van der Waals surface area contributed by atoms with Crippen LogP contribution in [0.25, 0.3) is 10.2 Å². The Morgan fingerprint density at radius 1 is 1.37 bits per heavy atom. The molecule has 6 nitrogen and oxygen atoms in total. The summed E-state index contributed by atoms with van der Waals surface area (Å²) in [6.45, 7) is 4.17. The van der Waals surface area contributed by atoms with E-state index in [1.165, 1.54) is 29.5 Å². The first kappa shape index (κ1) is 18.8. The molecule has 0 unspecified atom stereocenters. The molecule has 0 aliphatic heterocycles. The third-order valence-corrected chi connectivity index (χ3v) is 5.41. The van der Waals surface area contributed by atoms with Crippen LogP contribution >= 0.6 is 22.9 Å². The summed E-state index contributed by atoms with van der Waals surface area (Å²) < 4.78 is 2.72. The van der Waals surface area contributed by atoms with Crippen molar-refractivity contribution >= 4 is 44.7 Å². The van der Waals surface area contributed by atoms with Crippen molar-refractivity contribution in [1.29, 1.82) is 0 Å². The van der Waals surface area contributed by atoms with E-state index in [4.69, 9.17) is 18.0 Å². The molecule has 3 rings (SSSR count). The fraction of sp³-hybridized carbons (Fsp3) is 0.158. The number of fused-ring (bicyclic) bond motifs is 1. The molecule has 0 fully saturated rings. The van der Waals surface area contributed by atoms with E-state index in [0.717, 1.165) is 21.3 Å². The monoisotopic (exact) mass is 399 g/mol. The van der Waals surface area contributed by atoms with Crippen molar-refractivity contribution in [2.24, 2.45) is 4.99 Å². The summed E-state index contributed by atoms with van der Waals surface area (Å²) in [4.78, 5) is 27.8. The summed E-state index contributed by atoms with van der Waals surface area (Å²) in [5.74, 6) is 1.82. The number of aryl methyl sites for hydroxylation is 2. The number of nitro groups is 1. The standard InChI is InChI=1S/C19H14ClN3O3S/c1-4-7-22-16-9-11(2)8-12(3)17(16)27-19(22)21-18(24)14-10-13(20)5-6-15(14)23(25)26/h1,5-6,8-10H,7H2,2-3H3. The van der Waals surface area contributed by atoms with Gasteiger partial charge in [-0.1, -0.05) is 34.9 Å². The van der Waals surface area contributed by atoms with Gasteiger partial charge in [0.05, 0.1) is 21.7 Å². The maximum absolute atomic E-state index is 12.7. The number of carbonyl (C=O) groups excluding carboxylic acids is 1. The van der Waals surface area contributed by atoms with Gasteiger partial charge in [0.1, 0.15) is 5.56 Å². The molecule has 1 heterocycles. The highest BCUT2D eigenvalue weighted by molar-refractivity contribution is 7.16. The zero-order valence-electron chi connectivity index (χ0n) is 14.5. The topological polar surface area (TPSA) is 77.5 Å². The number of hydrogen-bond acceptors (Lipinski definition) is 4. The second kappa shape index (κ2) is 7.35. The Kier molecular flexibility index (Phi) is 5.13. The van der Waals surface area contributed by atoms with Crippen molar-refractivity contribution in [2.45, 2.75) is 20.4 Å². The molecule has 0 spiro atoms. The molecule has 3 aromatic rings. The van der Waals surface area contributed by atoms with Gasteiger partial charge in [0.15, 0.2) is 4.80 Å². The molecule has 2 aromatic carbocycles. The number of rotatable bonds is 3. The quantitative estimate of drug-likeness (QED) is 0.375. The van der Waals surface area contributed by atoms with E-state index in [0.29, 0.717) is 4.80 Å². The van der Waals surface area contributed by atoms with E-state index in [1.54, 1.807) is 4.57 Å². The van der Waals surface area contributed by atoms with Gasteiger partial charge in [0.2, 0.25) is 0 Å². The van der Waals surface area contributed by atoms with E-state index in [-0.39, 0.29) is 22.8 Å². The number of terminal acetylenes is 1. The minimum atomic E-state index is -0.740. The Morgan fingerprint density at radius 3 is 2.78 bits per heavy atom. The Hall–Kier alpha value is -2.95. The van der Waals surface area contributed by atoms with Gasteiger partial charge >= 0.3 is 0 Å². The van der Waals surface area contributed by atoms with E-state index in [2.05, 4.69) is 10.9 Å². The van der Waals surface area contributed by atoms with Crippen molar-refractivity contribution < 1.29 is 9.72 Å². The molecule has 0 atom stereocenters. The molecule has 0 saturated heterocycles. The lowest BCUT2D eigenvalue weighted by Crippen LogP contribution is -2.17. The average molecular weight is 400 g/mol. The number of halogens is 1. The van der Waals surface area contributed by atoms with E-state index >= 15 is 0 Å². The van der Waals surface area contributed by atoms with Gasteiger partial charge in [-0.25, -0.2) is 0 Å². The van der Waals surface area contributed by atoms with Gasteiger partial charge in [-0.15, -0.1) is 6.42 Å². The SMILES string of the molecule is C#CCn1c(=NC(=O)c2cc(Cl)ccc2[N+](=O)[O-])sc2c(C)cc(C)cc21. The number of carbonyl (C=O) groups is 1. The number of nitrogens with zero attached hydrogens (tertiary/aromatic N) is 3. The van der Waals surface area contributed by atoms with Gasteiger partial charge in [-0.3, -0.25) is 14.9 Å². The Labute approximate surface area is 163 Å². The van der Waals surface area contributed by atoms with Crippen LogP contribution in [0.1, 0.15) is 21.5 Å². The maximum atomic E-state index is 12.7. The van der Waals surface area contributed by atoms with Gasteiger partial charge < -0.3 is 4.57 Å². The average Bonchev–Trinajstić information content (AvgIpc) is 2.93. The van der Waals surface area contributed by atoms with Crippen LogP contribution in [0.2, 0.25) is 5.02 Å². The predicted molar refractivity (Wildman–Crippen MR) is 106 cm³/mol. The van der Waals surface area contributed by atoms with Crippen molar-refractivity contribution in [3.05, 3.63) is 67.0 Å². The molecule has 136 valence electrons. The summed E-state index contributed by atoms with van der Waals surface area (Å²) in [5, 5.41) is 11.4. The largest absolute Gasteiger partial charge is 0.305 e. The molecule has 1 amide bonds. The summed E-state index contributed by atoms with van der Waals surface area (Å²) >= 11 is 7.22. The highest BCUT2D eigenvalue weighted by atomic mass is 35.5. The van der Waals surface area contributed by atoms with Crippen LogP contribution in [0.5, 0.6) is 0 Å². The Bertz CT molecular complexity index is 1200. The molecule has 0 bridgehead atoms. The van der Waals surface area contributed by atoms with Crippen LogP contribution < -0.4 is 4.80 Å². The predicted octanol–water partition coefficient (Wildman–Crippen LogP) is 4.26. The summed E-state index contributed by atoms with van der Waals surface area (Å²) in [6.07, 6.45) is 5.48. The van der Waals surface area contributed by atoms with Crippen LogP contribution in [0.15, 0.2) is 35.3 Å². The number of thiazole rings is 1. The van der Waals surface area contributed by atoms with Crippen LogP contribution in [0, 0.1) is 36.3 Å². The van der Waals surface area contributed by atoms with Crippen molar-refractivity contribution in [3.63, 3.8) is 0 Å². The van der Waals surface area contributed by atoms with Crippen molar-refractivity contribution in [2.75, 3.05) is 0 Å². The van der Waals surface area contributed by atoms with Crippen molar-refractivity contribution in [3.8, 4) is 12.3 Å². The fourth-order valence-electron chi connectivity index (χ4n) is 2.83. The van der Waals surface area contributed by atoms with Crippen molar-refractivity contribution in [1.82, 2.24) is 4.57 Å². The normalized spacial score (nSPS) is 11.6. The lowest BCUT2D eigenvalue weighted by atomic mass is 10.1. The van der Waals surface area contributed by atoms with Gasteiger partial charge in [-0.05, 0) is 43.2 Å². The summed E-state index contributed by atoms with van der Waals surface area (Å²) in [7, 11) is 0. The van der Waals surface area contributed by atoms with Gasteiger partial charge in [0, 0.05) is 11.1 Å². The second-order valence-electron chi connectivity index (χ2n) is 5.94. The van der Waals surface area contributed by atoms with E-state index < -0.39 is 10.8 Å². The van der Waals surface area contributed by atoms with E-state index in [9.17, 15) is 14.9 Å². The summed E-state index contributed by atoms with van der Waals surface area (Å²) in [6, 6.07) is 7.81. The molecule has 27 heavy (non-hydrogen) atoms. The molecule has 0 aliphatic rings. The van der Waals surface area contributed by atoms with Gasteiger partial charge in [0.25, 0.3) is 11.6 Å². The minimum absolute atomic E-state index is 0.162. The molecular formula is C19H14ClN3O3S. The first-order valence-electron chi connectivity index (χ1n) is 7.89. The Morgan fingerprint density at radius 2 is 2.11 bits per heavy atom. The Balaban J connectivity index is 2.25. The lowest BCUT2D eigenvalue weighted by Gasteiger charge is -2.03. The fourth-order valence-corrected chi connectivity index (χ4v) is 4.08.